The van der Waals surface area contributed by atoms with Crippen LogP contribution in [0.25, 0.3) is 21.0 Å². The Morgan fingerprint density at radius 3 is 2.79 bits per heavy atom. The summed E-state index contributed by atoms with van der Waals surface area (Å²) in [5, 5.41) is 7.38. The number of nitrogens with one attached hydrogen (secondary N) is 2. The molecule has 7 heteroatoms. The summed E-state index contributed by atoms with van der Waals surface area (Å²) in [6.07, 6.45) is 1.06. The number of rotatable bonds is 5. The molecule has 0 spiro atoms. The molecule has 3 rings (SSSR count). The summed E-state index contributed by atoms with van der Waals surface area (Å²) in [4.78, 5) is 8.79. The molecule has 0 saturated carbocycles. The van der Waals surface area contributed by atoms with E-state index < -0.39 is 0 Å². The molecule has 5 nitrogen and oxygen atoms in total. The summed E-state index contributed by atoms with van der Waals surface area (Å²) >= 11 is 1.64. The van der Waals surface area contributed by atoms with E-state index in [0.717, 1.165) is 41.0 Å². The van der Waals surface area contributed by atoms with Gasteiger partial charge in [0.25, 0.3) is 0 Å². The van der Waals surface area contributed by atoms with Gasteiger partial charge in [-0.05, 0) is 30.7 Å². The summed E-state index contributed by atoms with van der Waals surface area (Å²) in [6.45, 7) is 3.61. The van der Waals surface area contributed by atoms with Crippen LogP contribution in [0.15, 0.2) is 45.8 Å². The second-order valence-corrected chi connectivity index (χ2v) is 6.14. The summed E-state index contributed by atoms with van der Waals surface area (Å²) in [5.74, 6) is 2.45. The zero-order chi connectivity index (χ0) is 16.1. The molecule has 0 bridgehead atoms. The number of aliphatic imine (C=N–C) groups is 1. The van der Waals surface area contributed by atoms with Crippen molar-refractivity contribution >= 4 is 51.5 Å². The van der Waals surface area contributed by atoms with Gasteiger partial charge in [-0.15, -0.1) is 35.3 Å². The van der Waals surface area contributed by atoms with Crippen molar-refractivity contribution in [3.8, 4) is 10.8 Å². The third kappa shape index (κ3) is 4.47. The number of benzene rings is 1. The zero-order valence-electron chi connectivity index (χ0n) is 13.7. The Morgan fingerprint density at radius 2 is 2.04 bits per heavy atom. The van der Waals surface area contributed by atoms with E-state index in [2.05, 4.69) is 33.6 Å². The van der Waals surface area contributed by atoms with Crippen molar-refractivity contribution in [1.82, 2.24) is 15.6 Å². The van der Waals surface area contributed by atoms with Crippen LogP contribution in [0.5, 0.6) is 0 Å². The van der Waals surface area contributed by atoms with E-state index in [1.807, 2.05) is 30.3 Å². The molecule has 0 saturated heterocycles. The van der Waals surface area contributed by atoms with Gasteiger partial charge in [-0.3, -0.25) is 4.99 Å². The predicted molar refractivity (Wildman–Crippen MR) is 111 cm³/mol. The lowest BCUT2D eigenvalue weighted by Gasteiger charge is -2.09. The Labute approximate surface area is 162 Å². The van der Waals surface area contributed by atoms with Gasteiger partial charge in [0.05, 0.1) is 16.8 Å². The second kappa shape index (κ2) is 9.03. The van der Waals surface area contributed by atoms with Gasteiger partial charge in [0.1, 0.15) is 5.76 Å². The van der Waals surface area contributed by atoms with Crippen LogP contribution >= 0.6 is 35.3 Å². The largest absolute Gasteiger partial charge is 0.457 e. The average Bonchev–Trinajstić information content (AvgIpc) is 3.21. The molecule has 0 aliphatic carbocycles. The van der Waals surface area contributed by atoms with E-state index in [9.17, 15) is 0 Å². The maximum Gasteiger partial charge on any atom is 0.191 e. The van der Waals surface area contributed by atoms with E-state index in [0.29, 0.717) is 6.54 Å². The summed E-state index contributed by atoms with van der Waals surface area (Å²) in [6, 6.07) is 12.1. The molecule has 0 amide bonds. The topological polar surface area (TPSA) is 62.5 Å². The van der Waals surface area contributed by atoms with Gasteiger partial charge in [0.15, 0.2) is 16.7 Å². The van der Waals surface area contributed by atoms with Crippen molar-refractivity contribution in [1.29, 1.82) is 0 Å². The molecular formula is C17H21IN4OS. The Kier molecular flexibility index (Phi) is 7.04. The van der Waals surface area contributed by atoms with Gasteiger partial charge in [-0.2, -0.15) is 0 Å². The molecule has 3 aromatic rings. The maximum absolute atomic E-state index is 5.90. The van der Waals surface area contributed by atoms with Crippen LogP contribution in [-0.4, -0.2) is 24.5 Å². The number of thiazole rings is 1. The third-order valence-corrected chi connectivity index (χ3v) is 4.41. The van der Waals surface area contributed by atoms with Crippen LogP contribution in [0, 0.1) is 0 Å². The molecule has 128 valence electrons. The number of guanidine groups is 1. The lowest BCUT2D eigenvalue weighted by atomic mass is 10.3. The molecule has 1 aromatic carbocycles. The summed E-state index contributed by atoms with van der Waals surface area (Å²) in [5.41, 5.74) is 1.01. The highest BCUT2D eigenvalue weighted by atomic mass is 127. The van der Waals surface area contributed by atoms with Gasteiger partial charge in [0.2, 0.25) is 0 Å². The van der Waals surface area contributed by atoms with Crippen LogP contribution in [0.1, 0.15) is 19.1 Å². The molecule has 24 heavy (non-hydrogen) atoms. The highest BCUT2D eigenvalue weighted by Gasteiger charge is 2.10. The number of furan rings is 1. The Hall–Kier alpha value is -1.61. The van der Waals surface area contributed by atoms with Gasteiger partial charge >= 0.3 is 0 Å². The fourth-order valence-electron chi connectivity index (χ4n) is 2.20. The average molecular weight is 456 g/mol. The predicted octanol–water partition coefficient (Wildman–Crippen LogP) is 4.25. The number of aromatic nitrogens is 1. The molecule has 0 atom stereocenters. The summed E-state index contributed by atoms with van der Waals surface area (Å²) in [7, 11) is 1.76. The van der Waals surface area contributed by atoms with Crippen molar-refractivity contribution in [3.63, 3.8) is 0 Å². The van der Waals surface area contributed by atoms with Crippen molar-refractivity contribution in [2.24, 2.45) is 4.99 Å². The van der Waals surface area contributed by atoms with E-state index >= 15 is 0 Å². The van der Waals surface area contributed by atoms with Gasteiger partial charge in [-0.25, -0.2) is 4.98 Å². The highest BCUT2D eigenvalue weighted by molar-refractivity contribution is 14.0. The van der Waals surface area contributed by atoms with Crippen LogP contribution in [0.2, 0.25) is 0 Å². The Morgan fingerprint density at radius 1 is 1.21 bits per heavy atom. The molecule has 2 N–H and O–H groups in total. The van der Waals surface area contributed by atoms with Crippen molar-refractivity contribution in [2.45, 2.75) is 19.9 Å². The summed E-state index contributed by atoms with van der Waals surface area (Å²) < 4.78 is 7.07. The standard InChI is InChI=1S/C17H20N4OS.HI/c1-3-10-19-17(18-2)20-11-12-8-9-14(22-12)16-21-13-6-4-5-7-15(13)23-16;/h4-9H,3,10-11H2,1-2H3,(H2,18,19,20);1H. The lowest BCUT2D eigenvalue weighted by Crippen LogP contribution is -2.37. The Bertz CT molecular complexity index is 779. The van der Waals surface area contributed by atoms with Gasteiger partial charge in [-0.1, -0.05) is 19.1 Å². The number of nitrogens with zero attached hydrogens (tertiary/aromatic N) is 2. The first-order valence-corrected chi connectivity index (χ1v) is 8.51. The highest BCUT2D eigenvalue weighted by Crippen LogP contribution is 2.30. The Balaban J connectivity index is 0.00000208. The number of halogens is 1. The first kappa shape index (κ1) is 18.7. The molecule has 0 aliphatic heterocycles. The van der Waals surface area contributed by atoms with Crippen molar-refractivity contribution < 1.29 is 4.42 Å². The van der Waals surface area contributed by atoms with E-state index in [1.165, 1.54) is 4.70 Å². The van der Waals surface area contributed by atoms with Crippen LogP contribution in [0.3, 0.4) is 0 Å². The first-order valence-electron chi connectivity index (χ1n) is 7.69. The zero-order valence-corrected chi connectivity index (χ0v) is 16.9. The minimum absolute atomic E-state index is 0. The molecule has 0 unspecified atom stereocenters. The maximum atomic E-state index is 5.90. The monoisotopic (exact) mass is 456 g/mol. The van der Waals surface area contributed by atoms with Crippen LogP contribution in [0.4, 0.5) is 0 Å². The minimum Gasteiger partial charge on any atom is -0.457 e. The SMILES string of the molecule is CCCNC(=NC)NCc1ccc(-c2nc3ccccc3s2)o1.I. The number of hydrogen-bond donors (Lipinski definition) is 2. The molecule has 2 heterocycles. The van der Waals surface area contributed by atoms with E-state index in [4.69, 9.17) is 4.42 Å². The number of hydrogen-bond acceptors (Lipinski definition) is 4. The van der Waals surface area contributed by atoms with Crippen LogP contribution in [-0.2, 0) is 6.54 Å². The normalized spacial score (nSPS) is 11.3. The minimum atomic E-state index is 0. The quantitative estimate of drug-likeness (QED) is 0.343. The second-order valence-electron chi connectivity index (χ2n) is 5.11. The van der Waals surface area contributed by atoms with Crippen LogP contribution < -0.4 is 10.6 Å². The lowest BCUT2D eigenvalue weighted by molar-refractivity contribution is 0.513. The molecular weight excluding hydrogens is 435 g/mol. The number of fused-ring (bicyclic) bond motifs is 1. The molecule has 2 aromatic heterocycles. The molecule has 0 fully saturated rings. The fourth-order valence-corrected chi connectivity index (χ4v) is 3.13. The molecule has 0 radical (unpaired) electrons. The fraction of sp³-hybridized carbons (Fsp3) is 0.294. The number of para-hydroxylation sites is 1. The van der Waals surface area contributed by atoms with Crippen molar-refractivity contribution in [2.75, 3.05) is 13.6 Å². The smallest absolute Gasteiger partial charge is 0.191 e. The molecule has 0 aliphatic rings. The van der Waals surface area contributed by atoms with E-state index in [1.54, 1.807) is 18.4 Å². The first-order chi connectivity index (χ1) is 11.3. The van der Waals surface area contributed by atoms with E-state index in [-0.39, 0.29) is 24.0 Å². The third-order valence-electron chi connectivity index (χ3n) is 3.36. The van der Waals surface area contributed by atoms with Gasteiger partial charge in [0, 0.05) is 13.6 Å². The van der Waals surface area contributed by atoms with Gasteiger partial charge < -0.3 is 15.1 Å². The van der Waals surface area contributed by atoms with Crippen molar-refractivity contribution in [3.05, 3.63) is 42.2 Å².